The van der Waals surface area contributed by atoms with E-state index in [0.717, 1.165) is 0 Å². The molecular weight excluding hydrogens is 300 g/mol. The fraction of sp³-hybridized carbons (Fsp3) is 0.615. The lowest BCUT2D eigenvalue weighted by Crippen LogP contribution is -2.37. The van der Waals surface area contributed by atoms with Crippen LogP contribution in [0.25, 0.3) is 0 Å². The molecular formula is C13H21ClN2O3S. The summed E-state index contributed by atoms with van der Waals surface area (Å²) in [5.74, 6) is -0.0101. The van der Waals surface area contributed by atoms with E-state index in [-0.39, 0.29) is 28.8 Å². The minimum atomic E-state index is -3.84. The number of nitrogens with zero attached hydrogens (tertiary/aromatic N) is 1. The van der Waals surface area contributed by atoms with Crippen LogP contribution < -0.4 is 5.32 Å². The standard InChI is InChI=1S/C13H21ClN2O3S/c1-8(2)10(5)15-13(17)12-6-11(20(14,18)19)7-16(12)9(3)4/h6-10H,1-5H3,(H,15,17). The van der Waals surface area contributed by atoms with Crippen LogP contribution in [-0.2, 0) is 9.05 Å². The summed E-state index contributed by atoms with van der Waals surface area (Å²) < 4.78 is 24.4. The van der Waals surface area contributed by atoms with Gasteiger partial charge in [-0.3, -0.25) is 4.79 Å². The van der Waals surface area contributed by atoms with Gasteiger partial charge in [-0.15, -0.1) is 0 Å². The number of aromatic nitrogens is 1. The monoisotopic (exact) mass is 320 g/mol. The minimum Gasteiger partial charge on any atom is -0.348 e. The topological polar surface area (TPSA) is 68.2 Å². The summed E-state index contributed by atoms with van der Waals surface area (Å²) in [6.45, 7) is 9.65. The predicted octanol–water partition coefficient (Wildman–Crippen LogP) is 2.77. The number of hydrogen-bond donors (Lipinski definition) is 1. The van der Waals surface area contributed by atoms with E-state index in [9.17, 15) is 13.2 Å². The zero-order valence-electron chi connectivity index (χ0n) is 12.3. The molecule has 0 bridgehead atoms. The summed E-state index contributed by atoms with van der Waals surface area (Å²) >= 11 is 0. The van der Waals surface area contributed by atoms with Crippen molar-refractivity contribution in [2.75, 3.05) is 0 Å². The van der Waals surface area contributed by atoms with Crippen LogP contribution in [0.5, 0.6) is 0 Å². The summed E-state index contributed by atoms with van der Waals surface area (Å²) in [6, 6.07) is 1.26. The van der Waals surface area contributed by atoms with Gasteiger partial charge in [0.15, 0.2) is 0 Å². The molecule has 0 aliphatic carbocycles. The molecule has 5 nitrogen and oxygen atoms in total. The van der Waals surface area contributed by atoms with E-state index in [1.807, 2.05) is 34.6 Å². The first kappa shape index (κ1) is 17.0. The Hall–Kier alpha value is -1.01. The molecule has 0 aliphatic heterocycles. The summed E-state index contributed by atoms with van der Waals surface area (Å²) in [7, 11) is 1.49. The zero-order valence-corrected chi connectivity index (χ0v) is 13.9. The van der Waals surface area contributed by atoms with E-state index in [1.54, 1.807) is 4.57 Å². The van der Waals surface area contributed by atoms with Crippen LogP contribution in [0.1, 0.15) is 51.1 Å². The van der Waals surface area contributed by atoms with Crippen molar-refractivity contribution in [1.29, 1.82) is 0 Å². The van der Waals surface area contributed by atoms with Crippen LogP contribution in [-0.4, -0.2) is 24.9 Å². The molecule has 0 fully saturated rings. The lowest BCUT2D eigenvalue weighted by molar-refractivity contribution is 0.0919. The quantitative estimate of drug-likeness (QED) is 0.848. The van der Waals surface area contributed by atoms with Crippen molar-refractivity contribution in [3.05, 3.63) is 18.0 Å². The van der Waals surface area contributed by atoms with Crippen LogP contribution in [0, 0.1) is 5.92 Å². The number of rotatable bonds is 5. The summed E-state index contributed by atoms with van der Waals surface area (Å²) in [5, 5.41) is 2.86. The van der Waals surface area contributed by atoms with E-state index < -0.39 is 9.05 Å². The van der Waals surface area contributed by atoms with E-state index in [2.05, 4.69) is 5.32 Å². The Kier molecular flexibility index (Phi) is 5.27. The average molecular weight is 321 g/mol. The first-order valence-corrected chi connectivity index (χ1v) is 8.82. The molecule has 0 aliphatic rings. The van der Waals surface area contributed by atoms with E-state index in [1.165, 1.54) is 12.3 Å². The van der Waals surface area contributed by atoms with Gasteiger partial charge < -0.3 is 9.88 Å². The van der Waals surface area contributed by atoms with Gasteiger partial charge in [0.2, 0.25) is 0 Å². The average Bonchev–Trinajstić information content (AvgIpc) is 2.72. The van der Waals surface area contributed by atoms with Crippen LogP contribution in [0.4, 0.5) is 0 Å². The zero-order chi connectivity index (χ0) is 15.7. The minimum absolute atomic E-state index is 0.00549. The molecule has 0 saturated carbocycles. The van der Waals surface area contributed by atoms with Crippen molar-refractivity contribution >= 4 is 25.6 Å². The molecule has 1 aromatic rings. The van der Waals surface area contributed by atoms with Crippen molar-refractivity contribution in [2.24, 2.45) is 5.92 Å². The van der Waals surface area contributed by atoms with Crippen LogP contribution in [0.3, 0.4) is 0 Å². The third kappa shape index (κ3) is 3.99. The lowest BCUT2D eigenvalue weighted by Gasteiger charge is -2.19. The summed E-state index contributed by atoms with van der Waals surface area (Å²) in [4.78, 5) is 12.2. The first-order chi connectivity index (χ1) is 9.04. The second-order valence-corrected chi connectivity index (χ2v) is 8.07. The van der Waals surface area contributed by atoms with Gasteiger partial charge in [0.25, 0.3) is 15.0 Å². The molecule has 20 heavy (non-hydrogen) atoms. The van der Waals surface area contributed by atoms with Crippen LogP contribution in [0.2, 0.25) is 0 Å². The lowest BCUT2D eigenvalue weighted by atomic mass is 10.1. The SMILES string of the molecule is CC(C)C(C)NC(=O)c1cc(S(=O)(=O)Cl)cn1C(C)C. The van der Waals surface area contributed by atoms with Gasteiger partial charge in [0.1, 0.15) is 10.6 Å². The molecule has 1 unspecified atom stereocenters. The van der Waals surface area contributed by atoms with Gasteiger partial charge in [0, 0.05) is 29.0 Å². The molecule has 7 heteroatoms. The highest BCUT2D eigenvalue weighted by atomic mass is 35.7. The molecule has 1 atom stereocenters. The molecule has 0 aromatic carbocycles. The molecule has 0 spiro atoms. The van der Waals surface area contributed by atoms with E-state index in [4.69, 9.17) is 10.7 Å². The van der Waals surface area contributed by atoms with Crippen molar-refractivity contribution in [2.45, 2.75) is 51.6 Å². The predicted molar refractivity (Wildman–Crippen MR) is 79.6 cm³/mol. The summed E-state index contributed by atoms with van der Waals surface area (Å²) in [5.41, 5.74) is 0.298. The second-order valence-electron chi connectivity index (χ2n) is 5.51. The number of halogens is 1. The molecule has 0 saturated heterocycles. The number of nitrogens with one attached hydrogen (secondary N) is 1. The second kappa shape index (κ2) is 6.18. The Labute approximate surface area is 124 Å². The fourth-order valence-corrected chi connectivity index (χ4v) is 2.39. The third-order valence-corrected chi connectivity index (χ3v) is 4.57. The van der Waals surface area contributed by atoms with Crippen LogP contribution in [0.15, 0.2) is 17.2 Å². The Balaban J connectivity index is 3.16. The van der Waals surface area contributed by atoms with Gasteiger partial charge in [-0.25, -0.2) is 8.42 Å². The Morgan fingerprint density at radius 1 is 1.25 bits per heavy atom. The van der Waals surface area contributed by atoms with Crippen molar-refractivity contribution in [3.63, 3.8) is 0 Å². The first-order valence-electron chi connectivity index (χ1n) is 6.51. The van der Waals surface area contributed by atoms with Crippen molar-refractivity contribution < 1.29 is 13.2 Å². The highest BCUT2D eigenvalue weighted by Gasteiger charge is 2.22. The maximum Gasteiger partial charge on any atom is 0.268 e. The normalized spacial score (nSPS) is 13.8. The molecule has 1 aromatic heterocycles. The van der Waals surface area contributed by atoms with Gasteiger partial charge in [-0.05, 0) is 32.8 Å². The summed E-state index contributed by atoms with van der Waals surface area (Å²) in [6.07, 6.45) is 1.39. The van der Waals surface area contributed by atoms with Crippen molar-refractivity contribution in [3.8, 4) is 0 Å². The van der Waals surface area contributed by atoms with Gasteiger partial charge in [0.05, 0.1) is 0 Å². The van der Waals surface area contributed by atoms with E-state index >= 15 is 0 Å². The molecule has 114 valence electrons. The number of hydrogen-bond acceptors (Lipinski definition) is 3. The molecule has 1 rings (SSSR count). The van der Waals surface area contributed by atoms with E-state index in [0.29, 0.717) is 5.69 Å². The fourth-order valence-electron chi connectivity index (χ4n) is 1.64. The Morgan fingerprint density at radius 3 is 2.20 bits per heavy atom. The highest BCUT2D eigenvalue weighted by molar-refractivity contribution is 8.13. The smallest absolute Gasteiger partial charge is 0.268 e. The van der Waals surface area contributed by atoms with Gasteiger partial charge in [-0.1, -0.05) is 13.8 Å². The maximum atomic E-state index is 12.3. The Bertz CT molecular complexity index is 591. The third-order valence-electron chi connectivity index (χ3n) is 3.25. The number of carbonyl (C=O) groups excluding carboxylic acids is 1. The molecule has 1 N–H and O–H groups in total. The van der Waals surface area contributed by atoms with Gasteiger partial charge in [-0.2, -0.15) is 0 Å². The largest absolute Gasteiger partial charge is 0.348 e. The highest BCUT2D eigenvalue weighted by Crippen LogP contribution is 2.22. The number of amides is 1. The van der Waals surface area contributed by atoms with Gasteiger partial charge >= 0.3 is 0 Å². The van der Waals surface area contributed by atoms with Crippen molar-refractivity contribution in [1.82, 2.24) is 9.88 Å². The molecule has 0 radical (unpaired) electrons. The molecule has 1 amide bonds. The van der Waals surface area contributed by atoms with Crippen LogP contribution >= 0.6 is 10.7 Å². The maximum absolute atomic E-state index is 12.3. The Morgan fingerprint density at radius 2 is 1.80 bits per heavy atom. The molecule has 1 heterocycles. The number of carbonyl (C=O) groups is 1.